The molecule has 0 bridgehead atoms. The van der Waals surface area contributed by atoms with Crippen LogP contribution in [0.4, 0.5) is 23.0 Å². The molecule has 1 aliphatic carbocycles. The molecule has 2 aliphatic rings. The standard InChI is InChI=1S/C25H32N6/c1-30(2)22-12-7-19-17-27-25(29-24(19)23(22)18-5-3-4-6-18)28-20-8-10-21(11-9-20)31-15-13-26-14-16-31/h7-12,17-18,26H,3-6,13-16H2,1-2H3,(H,27,28,29). The molecule has 0 spiro atoms. The van der Waals surface area contributed by atoms with Crippen molar-refractivity contribution in [1.29, 1.82) is 0 Å². The maximum absolute atomic E-state index is 5.00. The molecule has 0 radical (unpaired) electrons. The highest BCUT2D eigenvalue weighted by molar-refractivity contribution is 5.88. The second-order valence-corrected chi connectivity index (χ2v) is 8.91. The van der Waals surface area contributed by atoms with Gasteiger partial charge >= 0.3 is 0 Å². The summed E-state index contributed by atoms with van der Waals surface area (Å²) in [5.41, 5.74) is 6.05. The van der Waals surface area contributed by atoms with Crippen LogP contribution < -0.4 is 20.4 Å². The Hall–Kier alpha value is -2.86. The lowest BCUT2D eigenvalue weighted by atomic mass is 9.93. The van der Waals surface area contributed by atoms with E-state index in [1.165, 1.54) is 42.6 Å². The van der Waals surface area contributed by atoms with Gasteiger partial charge in [-0.2, -0.15) is 0 Å². The van der Waals surface area contributed by atoms with E-state index in [9.17, 15) is 0 Å². The number of fused-ring (bicyclic) bond motifs is 1. The SMILES string of the molecule is CN(C)c1ccc2cnc(Nc3ccc(N4CCNCC4)cc3)nc2c1C1CCCC1. The molecule has 0 amide bonds. The van der Waals surface area contributed by atoms with Crippen molar-refractivity contribution in [3.63, 3.8) is 0 Å². The van der Waals surface area contributed by atoms with Gasteiger partial charge in [-0.05, 0) is 55.2 Å². The number of anilines is 4. The van der Waals surface area contributed by atoms with Crippen LogP contribution in [0.15, 0.2) is 42.6 Å². The molecule has 0 unspecified atom stereocenters. The second-order valence-electron chi connectivity index (χ2n) is 8.91. The van der Waals surface area contributed by atoms with Crippen molar-refractivity contribution in [2.24, 2.45) is 0 Å². The van der Waals surface area contributed by atoms with E-state index in [0.717, 1.165) is 42.8 Å². The summed E-state index contributed by atoms with van der Waals surface area (Å²) in [6.45, 7) is 4.20. The molecule has 31 heavy (non-hydrogen) atoms. The minimum absolute atomic E-state index is 0.585. The third-order valence-corrected chi connectivity index (χ3v) is 6.62. The average molecular weight is 417 g/mol. The fraction of sp³-hybridized carbons (Fsp3) is 0.440. The largest absolute Gasteiger partial charge is 0.377 e. The molecule has 1 aromatic heterocycles. The molecule has 0 atom stereocenters. The lowest BCUT2D eigenvalue weighted by molar-refractivity contribution is 0.589. The van der Waals surface area contributed by atoms with E-state index in [1.807, 2.05) is 6.20 Å². The van der Waals surface area contributed by atoms with E-state index in [0.29, 0.717) is 11.9 Å². The molecule has 3 aromatic rings. The molecular formula is C25H32N6. The first-order valence-electron chi connectivity index (χ1n) is 11.5. The van der Waals surface area contributed by atoms with Gasteiger partial charge in [-0.25, -0.2) is 9.97 Å². The normalized spacial score (nSPS) is 17.3. The number of rotatable bonds is 5. The van der Waals surface area contributed by atoms with Crippen molar-refractivity contribution < 1.29 is 0 Å². The number of benzene rings is 2. The number of nitrogens with one attached hydrogen (secondary N) is 2. The van der Waals surface area contributed by atoms with Gasteiger partial charge in [-0.15, -0.1) is 0 Å². The summed E-state index contributed by atoms with van der Waals surface area (Å²) in [4.78, 5) is 14.2. The number of hydrogen-bond donors (Lipinski definition) is 2. The number of nitrogens with zero attached hydrogens (tertiary/aromatic N) is 4. The number of hydrogen-bond acceptors (Lipinski definition) is 6. The van der Waals surface area contributed by atoms with Crippen molar-refractivity contribution in [1.82, 2.24) is 15.3 Å². The molecule has 6 nitrogen and oxygen atoms in total. The fourth-order valence-electron chi connectivity index (χ4n) is 4.98. The highest BCUT2D eigenvalue weighted by Crippen LogP contribution is 2.42. The minimum atomic E-state index is 0.585. The summed E-state index contributed by atoms with van der Waals surface area (Å²) in [5, 5.41) is 7.95. The number of aromatic nitrogens is 2. The zero-order valence-corrected chi connectivity index (χ0v) is 18.6. The third kappa shape index (κ3) is 4.17. The van der Waals surface area contributed by atoms with E-state index in [4.69, 9.17) is 4.98 Å². The molecule has 2 heterocycles. The van der Waals surface area contributed by atoms with Crippen LogP contribution in [0.5, 0.6) is 0 Å². The van der Waals surface area contributed by atoms with E-state index in [-0.39, 0.29) is 0 Å². The first-order valence-corrected chi connectivity index (χ1v) is 11.5. The van der Waals surface area contributed by atoms with E-state index in [2.05, 4.69) is 75.9 Å². The van der Waals surface area contributed by atoms with Crippen LogP contribution in [0.25, 0.3) is 10.9 Å². The Morgan fingerprint density at radius 1 is 1.00 bits per heavy atom. The fourth-order valence-corrected chi connectivity index (χ4v) is 4.98. The molecule has 2 fully saturated rings. The van der Waals surface area contributed by atoms with Crippen molar-refractivity contribution in [3.05, 3.63) is 48.2 Å². The molecule has 2 aromatic carbocycles. The van der Waals surface area contributed by atoms with Crippen LogP contribution in [-0.2, 0) is 0 Å². The van der Waals surface area contributed by atoms with Crippen LogP contribution >= 0.6 is 0 Å². The van der Waals surface area contributed by atoms with Gasteiger partial charge in [0.05, 0.1) is 5.52 Å². The molecule has 1 saturated carbocycles. The predicted octanol–water partition coefficient (Wildman–Crippen LogP) is 4.51. The van der Waals surface area contributed by atoms with Crippen molar-refractivity contribution in [2.75, 3.05) is 55.4 Å². The maximum atomic E-state index is 5.00. The second kappa shape index (κ2) is 8.71. The first kappa shape index (κ1) is 20.1. The molecule has 6 heteroatoms. The summed E-state index contributed by atoms with van der Waals surface area (Å²) in [6.07, 6.45) is 7.07. The van der Waals surface area contributed by atoms with Crippen molar-refractivity contribution >= 4 is 33.9 Å². The monoisotopic (exact) mass is 416 g/mol. The average Bonchev–Trinajstić information content (AvgIpc) is 3.34. The van der Waals surface area contributed by atoms with Gasteiger partial charge in [0.25, 0.3) is 0 Å². The summed E-state index contributed by atoms with van der Waals surface area (Å²) in [5.74, 6) is 1.25. The Labute approximate surface area is 184 Å². The Balaban J connectivity index is 1.44. The molecule has 2 N–H and O–H groups in total. The molecular weight excluding hydrogens is 384 g/mol. The zero-order valence-electron chi connectivity index (χ0n) is 18.6. The van der Waals surface area contributed by atoms with E-state index < -0.39 is 0 Å². The lowest BCUT2D eigenvalue weighted by Crippen LogP contribution is -2.43. The highest BCUT2D eigenvalue weighted by Gasteiger charge is 2.24. The zero-order chi connectivity index (χ0) is 21.2. The van der Waals surface area contributed by atoms with Crippen molar-refractivity contribution in [3.8, 4) is 0 Å². The topological polar surface area (TPSA) is 56.3 Å². The van der Waals surface area contributed by atoms with Gasteiger partial charge in [0, 0.05) is 74.5 Å². The maximum Gasteiger partial charge on any atom is 0.227 e. The molecule has 1 saturated heterocycles. The van der Waals surface area contributed by atoms with Gasteiger partial charge in [0.1, 0.15) is 0 Å². The van der Waals surface area contributed by atoms with E-state index >= 15 is 0 Å². The van der Waals surface area contributed by atoms with Gasteiger partial charge in [0.15, 0.2) is 0 Å². The predicted molar refractivity (Wildman–Crippen MR) is 130 cm³/mol. The summed E-state index contributed by atoms with van der Waals surface area (Å²) in [7, 11) is 4.25. The lowest BCUT2D eigenvalue weighted by Gasteiger charge is -2.29. The van der Waals surface area contributed by atoms with Crippen LogP contribution in [-0.4, -0.2) is 50.2 Å². The van der Waals surface area contributed by atoms with Crippen LogP contribution in [0, 0.1) is 0 Å². The quantitative estimate of drug-likeness (QED) is 0.638. The Kier molecular flexibility index (Phi) is 5.64. The third-order valence-electron chi connectivity index (χ3n) is 6.62. The minimum Gasteiger partial charge on any atom is -0.377 e. The molecule has 5 rings (SSSR count). The molecule has 1 aliphatic heterocycles. The number of piperazine rings is 1. The van der Waals surface area contributed by atoms with Gasteiger partial charge < -0.3 is 20.4 Å². The smallest absolute Gasteiger partial charge is 0.227 e. The first-order chi connectivity index (χ1) is 15.2. The Bertz CT molecular complexity index is 1030. The molecule has 162 valence electrons. The van der Waals surface area contributed by atoms with Gasteiger partial charge in [-0.3, -0.25) is 0 Å². The van der Waals surface area contributed by atoms with Gasteiger partial charge in [-0.1, -0.05) is 12.8 Å². The Morgan fingerprint density at radius 2 is 1.74 bits per heavy atom. The summed E-state index contributed by atoms with van der Waals surface area (Å²) in [6, 6.07) is 13.0. The summed E-state index contributed by atoms with van der Waals surface area (Å²) >= 11 is 0. The Morgan fingerprint density at radius 3 is 2.45 bits per heavy atom. The van der Waals surface area contributed by atoms with Gasteiger partial charge in [0.2, 0.25) is 5.95 Å². The van der Waals surface area contributed by atoms with Crippen molar-refractivity contribution in [2.45, 2.75) is 31.6 Å². The van der Waals surface area contributed by atoms with Crippen LogP contribution in [0.3, 0.4) is 0 Å². The summed E-state index contributed by atoms with van der Waals surface area (Å²) < 4.78 is 0. The van der Waals surface area contributed by atoms with Crippen LogP contribution in [0.1, 0.15) is 37.2 Å². The van der Waals surface area contributed by atoms with Crippen LogP contribution in [0.2, 0.25) is 0 Å². The highest BCUT2D eigenvalue weighted by atomic mass is 15.2. The van der Waals surface area contributed by atoms with E-state index in [1.54, 1.807) is 0 Å².